The number of anilines is 1. The normalized spacial score (nSPS) is 15.6. The summed E-state index contributed by atoms with van der Waals surface area (Å²) in [5.41, 5.74) is 8.21. The number of nitrogens with zero attached hydrogens (tertiary/aromatic N) is 6. The van der Waals surface area contributed by atoms with Gasteiger partial charge < -0.3 is 15.2 Å². The van der Waals surface area contributed by atoms with Crippen molar-refractivity contribution in [2.75, 3.05) is 18.0 Å². The zero-order valence-electron chi connectivity index (χ0n) is 20.3. The molecule has 1 saturated heterocycles. The molecule has 1 fully saturated rings. The van der Waals surface area contributed by atoms with Crippen LogP contribution in [0.5, 0.6) is 0 Å². The minimum absolute atomic E-state index is 0.0341. The van der Waals surface area contributed by atoms with Crippen LogP contribution in [0.25, 0.3) is 11.0 Å². The Kier molecular flexibility index (Phi) is 6.63. The maximum absolute atomic E-state index is 13.9. The molecule has 0 bridgehead atoms. The third kappa shape index (κ3) is 4.27. The van der Waals surface area contributed by atoms with Crippen molar-refractivity contribution in [2.24, 2.45) is 12.8 Å². The number of nitrogens with two attached hydrogens (primary N) is 1. The van der Waals surface area contributed by atoms with Crippen molar-refractivity contribution >= 4 is 16.9 Å². The van der Waals surface area contributed by atoms with Gasteiger partial charge in [0.25, 0.3) is 5.56 Å². The topological polar surface area (TPSA) is 126 Å². The van der Waals surface area contributed by atoms with Crippen LogP contribution in [0.1, 0.15) is 43.4 Å². The fourth-order valence-electron chi connectivity index (χ4n) is 4.79. The molecule has 2 aromatic heterocycles. The van der Waals surface area contributed by atoms with Crippen LogP contribution in [0.2, 0.25) is 0 Å². The minimum Gasteiger partial charge on any atom is -0.355 e. The van der Waals surface area contributed by atoms with Crippen molar-refractivity contribution in [2.45, 2.75) is 45.8 Å². The predicted molar refractivity (Wildman–Crippen MR) is 135 cm³/mol. The van der Waals surface area contributed by atoms with Gasteiger partial charge in [-0.2, -0.15) is 10.5 Å². The number of benzene rings is 1. The van der Waals surface area contributed by atoms with Crippen LogP contribution >= 0.6 is 0 Å². The second-order valence-electron chi connectivity index (χ2n) is 9.25. The van der Waals surface area contributed by atoms with E-state index in [4.69, 9.17) is 5.73 Å². The van der Waals surface area contributed by atoms with E-state index < -0.39 is 11.2 Å². The number of allylic oxidation sites excluding steroid dienone is 2. The molecule has 4 rings (SSSR count). The molecule has 0 amide bonds. The smallest absolute Gasteiger partial charge is 0.331 e. The summed E-state index contributed by atoms with van der Waals surface area (Å²) in [5, 5.41) is 19.7. The zero-order chi connectivity index (χ0) is 25.3. The molecule has 2 N–H and O–H groups in total. The van der Waals surface area contributed by atoms with Gasteiger partial charge in [-0.15, -0.1) is 0 Å². The van der Waals surface area contributed by atoms with Gasteiger partial charge in [-0.25, -0.2) is 4.79 Å². The van der Waals surface area contributed by atoms with E-state index in [0.717, 1.165) is 23.0 Å². The number of nitriles is 2. The van der Waals surface area contributed by atoms with Gasteiger partial charge in [0, 0.05) is 32.7 Å². The summed E-state index contributed by atoms with van der Waals surface area (Å²) >= 11 is 0. The largest absolute Gasteiger partial charge is 0.355 e. The first-order valence-corrected chi connectivity index (χ1v) is 11.7. The molecule has 9 nitrogen and oxygen atoms in total. The first-order chi connectivity index (χ1) is 16.8. The summed E-state index contributed by atoms with van der Waals surface area (Å²) < 4.78 is 4.36. The van der Waals surface area contributed by atoms with Crippen molar-refractivity contribution < 1.29 is 0 Å². The summed E-state index contributed by atoms with van der Waals surface area (Å²) in [6.07, 6.45) is 3.77. The van der Waals surface area contributed by atoms with Crippen LogP contribution in [0.15, 0.2) is 45.5 Å². The highest BCUT2D eigenvalue weighted by Crippen LogP contribution is 2.32. The first-order valence-electron chi connectivity index (χ1n) is 11.7. The number of aromatic nitrogens is 3. The van der Waals surface area contributed by atoms with E-state index in [1.54, 1.807) is 31.3 Å². The lowest BCUT2D eigenvalue weighted by Gasteiger charge is -2.33. The standard InChI is InChI=1S/C26H29N7O2/c1-17(2)10-12-32-23-22(21(14-28)24(32)31-11-6-9-20(29)16-31)30(3)26(35)33(25(23)34)15-19-8-5-4-7-18(19)13-27/h4-5,7-8,10,20H,6,9,11-12,15-16,29H2,1-3H3/t20-/m0/s1. The molecular weight excluding hydrogens is 442 g/mol. The Hall–Kier alpha value is -4.08. The molecule has 1 aromatic carbocycles. The average Bonchev–Trinajstić information content (AvgIpc) is 3.18. The molecule has 180 valence electrons. The maximum atomic E-state index is 13.9. The summed E-state index contributed by atoms with van der Waals surface area (Å²) in [5.74, 6) is 0.623. The van der Waals surface area contributed by atoms with Crippen LogP contribution in [-0.4, -0.2) is 32.8 Å². The van der Waals surface area contributed by atoms with Crippen LogP contribution in [0.3, 0.4) is 0 Å². The number of hydrogen-bond acceptors (Lipinski definition) is 6. The Labute approximate surface area is 203 Å². The summed E-state index contributed by atoms with van der Waals surface area (Å²) in [7, 11) is 1.58. The molecule has 0 unspecified atom stereocenters. The first kappa shape index (κ1) is 24.1. The highest BCUT2D eigenvalue weighted by atomic mass is 16.2. The molecular formula is C26H29N7O2. The Morgan fingerprint density at radius 3 is 2.54 bits per heavy atom. The van der Waals surface area contributed by atoms with E-state index in [0.29, 0.717) is 53.2 Å². The van der Waals surface area contributed by atoms with Crippen LogP contribution in [-0.2, 0) is 20.1 Å². The molecule has 1 atom stereocenters. The predicted octanol–water partition coefficient (Wildman–Crippen LogP) is 2.19. The van der Waals surface area contributed by atoms with E-state index >= 15 is 0 Å². The highest BCUT2D eigenvalue weighted by molar-refractivity contribution is 5.90. The molecule has 3 aromatic rings. The van der Waals surface area contributed by atoms with Crippen LogP contribution in [0.4, 0.5) is 5.82 Å². The van der Waals surface area contributed by atoms with Crippen molar-refractivity contribution in [1.29, 1.82) is 10.5 Å². The number of piperidine rings is 1. The third-order valence-corrected chi connectivity index (χ3v) is 6.53. The van der Waals surface area contributed by atoms with Gasteiger partial charge in [0.1, 0.15) is 23.0 Å². The van der Waals surface area contributed by atoms with Gasteiger partial charge in [-0.05, 0) is 38.3 Å². The average molecular weight is 472 g/mol. The molecule has 0 aliphatic carbocycles. The van der Waals surface area contributed by atoms with E-state index in [-0.39, 0.29) is 12.6 Å². The van der Waals surface area contributed by atoms with E-state index in [2.05, 4.69) is 17.0 Å². The minimum atomic E-state index is -0.534. The molecule has 0 spiro atoms. The molecule has 9 heteroatoms. The Bertz CT molecular complexity index is 1520. The third-order valence-electron chi connectivity index (χ3n) is 6.53. The molecule has 1 aliphatic rings. The molecule has 3 heterocycles. The number of rotatable bonds is 5. The summed E-state index contributed by atoms with van der Waals surface area (Å²) in [6.45, 7) is 5.57. The van der Waals surface area contributed by atoms with Crippen molar-refractivity contribution in [3.05, 3.63) is 73.4 Å². The van der Waals surface area contributed by atoms with Gasteiger partial charge in [-0.3, -0.25) is 13.9 Å². The fourth-order valence-corrected chi connectivity index (χ4v) is 4.79. The summed E-state index contributed by atoms with van der Waals surface area (Å²) in [6, 6.07) is 11.3. The van der Waals surface area contributed by atoms with Gasteiger partial charge in [-0.1, -0.05) is 29.8 Å². The Balaban J connectivity index is 2.05. The van der Waals surface area contributed by atoms with Crippen molar-refractivity contribution in [1.82, 2.24) is 13.7 Å². The molecule has 1 aliphatic heterocycles. The monoisotopic (exact) mass is 471 g/mol. The second kappa shape index (κ2) is 9.65. The van der Waals surface area contributed by atoms with E-state index in [1.807, 2.05) is 24.5 Å². The fraction of sp³-hybridized carbons (Fsp3) is 0.385. The lowest BCUT2D eigenvalue weighted by molar-refractivity contribution is 0.498. The van der Waals surface area contributed by atoms with Crippen LogP contribution < -0.4 is 21.9 Å². The Morgan fingerprint density at radius 1 is 1.14 bits per heavy atom. The second-order valence-corrected chi connectivity index (χ2v) is 9.25. The Morgan fingerprint density at radius 2 is 1.89 bits per heavy atom. The SMILES string of the molecule is CC(C)=CCn1c(N2CCC[C@H](N)C2)c(C#N)c2c1c(=O)n(Cc1ccccc1C#N)c(=O)n2C. The van der Waals surface area contributed by atoms with Crippen molar-refractivity contribution in [3.8, 4) is 12.1 Å². The quantitative estimate of drug-likeness (QED) is 0.569. The van der Waals surface area contributed by atoms with Gasteiger partial charge in [0.05, 0.1) is 23.7 Å². The maximum Gasteiger partial charge on any atom is 0.331 e. The van der Waals surface area contributed by atoms with Gasteiger partial charge in [0.2, 0.25) is 0 Å². The van der Waals surface area contributed by atoms with Gasteiger partial charge >= 0.3 is 5.69 Å². The van der Waals surface area contributed by atoms with Crippen LogP contribution in [0, 0.1) is 22.7 Å². The van der Waals surface area contributed by atoms with E-state index in [9.17, 15) is 20.1 Å². The lowest BCUT2D eigenvalue weighted by atomic mass is 10.1. The lowest BCUT2D eigenvalue weighted by Crippen LogP contribution is -2.44. The summed E-state index contributed by atoms with van der Waals surface area (Å²) in [4.78, 5) is 29.3. The molecule has 35 heavy (non-hydrogen) atoms. The van der Waals surface area contributed by atoms with Crippen molar-refractivity contribution in [3.63, 3.8) is 0 Å². The molecule has 0 radical (unpaired) electrons. The molecule has 0 saturated carbocycles. The number of hydrogen-bond donors (Lipinski definition) is 1. The highest BCUT2D eigenvalue weighted by Gasteiger charge is 2.29. The number of fused-ring (bicyclic) bond motifs is 1. The van der Waals surface area contributed by atoms with E-state index in [1.165, 1.54) is 4.57 Å². The van der Waals surface area contributed by atoms with Gasteiger partial charge in [0.15, 0.2) is 0 Å². The number of aryl methyl sites for hydroxylation is 1. The zero-order valence-corrected chi connectivity index (χ0v) is 20.3.